The Morgan fingerprint density at radius 2 is 1.89 bits per heavy atom. The molecule has 2 heterocycles. The summed E-state index contributed by atoms with van der Waals surface area (Å²) >= 11 is 12.1. The van der Waals surface area contributed by atoms with E-state index in [0.29, 0.717) is 27.1 Å². The Kier molecular flexibility index (Phi) is 3.01. The normalized spacial score (nSPS) is 10.8. The van der Waals surface area contributed by atoms with Gasteiger partial charge in [-0.15, -0.1) is 0 Å². The third kappa shape index (κ3) is 2.01. The number of carbonyl (C=O) groups excluding carboxylic acids is 1. The Labute approximate surface area is 119 Å². The van der Waals surface area contributed by atoms with Gasteiger partial charge in [-0.05, 0) is 6.07 Å². The van der Waals surface area contributed by atoms with Crippen LogP contribution in [0, 0.1) is 0 Å². The number of carbonyl (C=O) groups is 1. The molecule has 94 valence electrons. The Hall–Kier alpha value is -1.84. The zero-order chi connectivity index (χ0) is 13.4. The molecule has 0 fully saturated rings. The lowest BCUT2D eigenvalue weighted by molar-refractivity contribution is 0.111. The second-order valence-electron chi connectivity index (χ2n) is 4.03. The lowest BCUT2D eigenvalue weighted by Gasteiger charge is -1.99. The molecule has 2 aromatic heterocycles. The molecular formula is C14H8Cl2N2O. The van der Waals surface area contributed by atoms with Gasteiger partial charge in [0.05, 0.1) is 10.0 Å². The summed E-state index contributed by atoms with van der Waals surface area (Å²) in [7, 11) is 0. The van der Waals surface area contributed by atoms with Crippen molar-refractivity contribution >= 4 is 35.1 Å². The van der Waals surface area contributed by atoms with Crippen LogP contribution >= 0.6 is 23.2 Å². The van der Waals surface area contributed by atoms with Crippen molar-refractivity contribution in [3.63, 3.8) is 0 Å². The number of fused-ring (bicyclic) bond motifs is 1. The Morgan fingerprint density at radius 3 is 2.58 bits per heavy atom. The van der Waals surface area contributed by atoms with E-state index in [1.54, 1.807) is 16.7 Å². The number of halogens is 2. The fourth-order valence-corrected chi connectivity index (χ4v) is 2.53. The monoisotopic (exact) mass is 290 g/mol. The first-order valence-electron chi connectivity index (χ1n) is 5.58. The second kappa shape index (κ2) is 4.68. The molecule has 0 N–H and O–H groups in total. The highest BCUT2D eigenvalue weighted by atomic mass is 35.5. The van der Waals surface area contributed by atoms with Crippen LogP contribution in [0.25, 0.3) is 16.9 Å². The van der Waals surface area contributed by atoms with Crippen molar-refractivity contribution in [3.8, 4) is 11.3 Å². The fourth-order valence-electron chi connectivity index (χ4n) is 2.01. The minimum Gasteiger partial charge on any atom is -0.296 e. The van der Waals surface area contributed by atoms with E-state index in [1.165, 1.54) is 0 Å². The highest BCUT2D eigenvalue weighted by Gasteiger charge is 2.15. The molecule has 5 heteroatoms. The topological polar surface area (TPSA) is 34.4 Å². The van der Waals surface area contributed by atoms with Crippen molar-refractivity contribution in [2.24, 2.45) is 0 Å². The molecule has 1 aromatic carbocycles. The van der Waals surface area contributed by atoms with Gasteiger partial charge in [0.1, 0.15) is 11.4 Å². The van der Waals surface area contributed by atoms with Crippen LogP contribution in [0.5, 0.6) is 0 Å². The van der Waals surface area contributed by atoms with E-state index >= 15 is 0 Å². The molecule has 0 amide bonds. The SMILES string of the molecule is O=Cc1c(-c2ccccc2)nc2c(Cl)cc(Cl)cn12. The van der Waals surface area contributed by atoms with Crippen molar-refractivity contribution in [3.05, 3.63) is 58.3 Å². The molecule has 19 heavy (non-hydrogen) atoms. The van der Waals surface area contributed by atoms with Crippen LogP contribution in [0.15, 0.2) is 42.6 Å². The largest absolute Gasteiger partial charge is 0.296 e. The first-order chi connectivity index (χ1) is 9.20. The van der Waals surface area contributed by atoms with E-state index in [1.807, 2.05) is 30.3 Å². The molecule has 0 saturated carbocycles. The molecule has 3 nitrogen and oxygen atoms in total. The van der Waals surface area contributed by atoms with Gasteiger partial charge in [-0.1, -0.05) is 53.5 Å². The summed E-state index contributed by atoms with van der Waals surface area (Å²) in [4.78, 5) is 15.8. The third-order valence-corrected chi connectivity index (χ3v) is 3.32. The van der Waals surface area contributed by atoms with Crippen molar-refractivity contribution in [2.45, 2.75) is 0 Å². The first kappa shape index (κ1) is 12.2. The summed E-state index contributed by atoms with van der Waals surface area (Å²) in [6.07, 6.45) is 2.39. The molecule has 0 atom stereocenters. The van der Waals surface area contributed by atoms with Crippen LogP contribution in [-0.2, 0) is 0 Å². The second-order valence-corrected chi connectivity index (χ2v) is 4.87. The molecule has 0 aliphatic rings. The van der Waals surface area contributed by atoms with Crippen LogP contribution in [-0.4, -0.2) is 15.7 Å². The summed E-state index contributed by atoms with van der Waals surface area (Å²) in [5.41, 5.74) is 2.41. The van der Waals surface area contributed by atoms with Crippen LogP contribution in [0.3, 0.4) is 0 Å². The highest BCUT2D eigenvalue weighted by Crippen LogP contribution is 2.28. The molecule has 0 bridgehead atoms. The van der Waals surface area contributed by atoms with Crippen molar-refractivity contribution in [2.75, 3.05) is 0 Å². The number of hydrogen-bond acceptors (Lipinski definition) is 2. The number of rotatable bonds is 2. The van der Waals surface area contributed by atoms with E-state index in [2.05, 4.69) is 4.98 Å². The van der Waals surface area contributed by atoms with Crippen LogP contribution in [0.2, 0.25) is 10.0 Å². The van der Waals surface area contributed by atoms with Crippen molar-refractivity contribution in [1.29, 1.82) is 0 Å². The van der Waals surface area contributed by atoms with Gasteiger partial charge in [-0.2, -0.15) is 0 Å². The third-order valence-electron chi connectivity index (χ3n) is 2.84. The zero-order valence-electron chi connectivity index (χ0n) is 9.68. The average molecular weight is 291 g/mol. The molecular weight excluding hydrogens is 283 g/mol. The van der Waals surface area contributed by atoms with Gasteiger partial charge in [-0.3, -0.25) is 9.20 Å². The summed E-state index contributed by atoms with van der Waals surface area (Å²) in [6, 6.07) is 11.1. The molecule has 0 spiro atoms. The quantitative estimate of drug-likeness (QED) is 0.665. The van der Waals surface area contributed by atoms with Gasteiger partial charge in [0.25, 0.3) is 0 Å². The number of hydrogen-bond donors (Lipinski definition) is 0. The summed E-state index contributed by atoms with van der Waals surface area (Å²) in [6.45, 7) is 0. The Morgan fingerprint density at radius 1 is 1.16 bits per heavy atom. The zero-order valence-corrected chi connectivity index (χ0v) is 11.2. The van der Waals surface area contributed by atoms with Gasteiger partial charge in [-0.25, -0.2) is 4.98 Å². The van der Waals surface area contributed by atoms with E-state index in [-0.39, 0.29) is 0 Å². The molecule has 0 radical (unpaired) electrons. The molecule has 3 aromatic rings. The van der Waals surface area contributed by atoms with Gasteiger partial charge in [0.15, 0.2) is 11.9 Å². The lowest BCUT2D eigenvalue weighted by atomic mass is 10.1. The maximum absolute atomic E-state index is 11.4. The number of aldehydes is 1. The number of nitrogens with zero attached hydrogens (tertiary/aromatic N) is 2. The predicted molar refractivity (Wildman–Crippen MR) is 76.0 cm³/mol. The minimum absolute atomic E-state index is 0.415. The van der Waals surface area contributed by atoms with Crippen LogP contribution in [0.4, 0.5) is 0 Å². The number of benzene rings is 1. The number of aromatic nitrogens is 2. The molecule has 0 aliphatic carbocycles. The Bertz CT molecular complexity index is 766. The van der Waals surface area contributed by atoms with Crippen molar-refractivity contribution < 1.29 is 4.79 Å². The van der Waals surface area contributed by atoms with E-state index in [0.717, 1.165) is 11.8 Å². The average Bonchev–Trinajstić information content (AvgIpc) is 2.78. The van der Waals surface area contributed by atoms with Crippen LogP contribution < -0.4 is 0 Å². The van der Waals surface area contributed by atoms with E-state index < -0.39 is 0 Å². The standard InChI is InChI=1S/C14H8Cl2N2O/c15-10-6-11(16)14-17-13(9-4-2-1-3-5-9)12(8-19)18(14)7-10/h1-8H. The predicted octanol–water partition coefficient (Wildman–Crippen LogP) is 4.12. The van der Waals surface area contributed by atoms with Gasteiger partial charge in [0, 0.05) is 11.8 Å². The molecule has 0 saturated heterocycles. The maximum atomic E-state index is 11.4. The van der Waals surface area contributed by atoms with Gasteiger partial charge >= 0.3 is 0 Å². The van der Waals surface area contributed by atoms with Gasteiger partial charge in [0.2, 0.25) is 0 Å². The molecule has 3 rings (SSSR count). The first-order valence-corrected chi connectivity index (χ1v) is 6.34. The lowest BCUT2D eigenvalue weighted by Crippen LogP contribution is -1.92. The summed E-state index contributed by atoms with van der Waals surface area (Å²) < 4.78 is 1.61. The number of pyridine rings is 1. The van der Waals surface area contributed by atoms with E-state index in [4.69, 9.17) is 23.2 Å². The van der Waals surface area contributed by atoms with Crippen molar-refractivity contribution in [1.82, 2.24) is 9.38 Å². The van der Waals surface area contributed by atoms with Crippen LogP contribution in [0.1, 0.15) is 10.5 Å². The molecule has 0 unspecified atom stereocenters. The summed E-state index contributed by atoms with van der Waals surface area (Å²) in [5, 5.41) is 0.871. The highest BCUT2D eigenvalue weighted by molar-refractivity contribution is 6.36. The maximum Gasteiger partial charge on any atom is 0.169 e. The fraction of sp³-hybridized carbons (Fsp3) is 0. The Balaban J connectivity index is 2.38. The summed E-state index contributed by atoms with van der Waals surface area (Å²) in [5.74, 6) is 0. The molecule has 0 aliphatic heterocycles. The van der Waals surface area contributed by atoms with E-state index in [9.17, 15) is 4.79 Å². The minimum atomic E-state index is 0.415. The number of imidazole rings is 1. The smallest absolute Gasteiger partial charge is 0.169 e. The van der Waals surface area contributed by atoms with Gasteiger partial charge < -0.3 is 0 Å².